The fraction of sp³-hybridized carbons (Fsp3) is 0.625. The highest BCUT2D eigenvalue weighted by atomic mass is 15.1. The molecule has 0 radical (unpaired) electrons. The number of hydrogen-bond donors (Lipinski definition) is 0. The van der Waals surface area contributed by atoms with Crippen LogP contribution in [0.1, 0.15) is 56.7 Å². The SMILES string of the molecule is CCCC(C)(CC)c1ccc2c(c1)CN(C)C2. The van der Waals surface area contributed by atoms with Gasteiger partial charge in [0.15, 0.2) is 0 Å². The lowest BCUT2D eigenvalue weighted by Gasteiger charge is -2.29. The summed E-state index contributed by atoms with van der Waals surface area (Å²) in [5.41, 5.74) is 4.97. The molecule has 1 atom stereocenters. The third kappa shape index (κ3) is 2.40. The molecule has 0 N–H and O–H groups in total. The molecule has 1 aliphatic rings. The van der Waals surface area contributed by atoms with Gasteiger partial charge >= 0.3 is 0 Å². The summed E-state index contributed by atoms with van der Waals surface area (Å²) in [6, 6.07) is 7.16. The smallest absolute Gasteiger partial charge is 0.0237 e. The molecule has 0 saturated heterocycles. The molecule has 1 nitrogen and oxygen atoms in total. The molecule has 2 rings (SSSR count). The van der Waals surface area contributed by atoms with E-state index in [-0.39, 0.29) is 0 Å². The van der Waals surface area contributed by atoms with Crippen molar-refractivity contribution in [3.63, 3.8) is 0 Å². The number of nitrogens with zero attached hydrogens (tertiary/aromatic N) is 1. The lowest BCUT2D eigenvalue weighted by molar-refractivity contribution is 0.353. The van der Waals surface area contributed by atoms with Crippen LogP contribution in [0.25, 0.3) is 0 Å². The van der Waals surface area contributed by atoms with Crippen LogP contribution in [0.3, 0.4) is 0 Å². The normalized spacial score (nSPS) is 19.1. The molecule has 0 aromatic heterocycles. The molecule has 0 saturated carbocycles. The molecule has 1 unspecified atom stereocenters. The predicted molar refractivity (Wildman–Crippen MR) is 74.2 cm³/mol. The summed E-state index contributed by atoms with van der Waals surface area (Å²) in [6.07, 6.45) is 3.79. The first-order chi connectivity index (χ1) is 8.09. The van der Waals surface area contributed by atoms with Gasteiger partial charge in [0.1, 0.15) is 0 Å². The van der Waals surface area contributed by atoms with Crippen LogP contribution in [0.5, 0.6) is 0 Å². The highest BCUT2D eigenvalue weighted by Crippen LogP contribution is 2.35. The Labute approximate surface area is 106 Å². The third-order valence-electron chi connectivity index (χ3n) is 4.37. The summed E-state index contributed by atoms with van der Waals surface area (Å²) >= 11 is 0. The summed E-state index contributed by atoms with van der Waals surface area (Å²) in [6.45, 7) is 9.25. The monoisotopic (exact) mass is 231 g/mol. The van der Waals surface area contributed by atoms with Crippen molar-refractivity contribution in [2.24, 2.45) is 0 Å². The van der Waals surface area contributed by atoms with E-state index in [0.717, 1.165) is 13.1 Å². The maximum atomic E-state index is 2.46. The first kappa shape index (κ1) is 12.6. The van der Waals surface area contributed by atoms with Gasteiger partial charge in [0.25, 0.3) is 0 Å². The van der Waals surface area contributed by atoms with Gasteiger partial charge in [0, 0.05) is 13.1 Å². The quantitative estimate of drug-likeness (QED) is 0.754. The minimum atomic E-state index is 0.366. The van der Waals surface area contributed by atoms with Crippen LogP contribution < -0.4 is 0 Å². The van der Waals surface area contributed by atoms with Crippen LogP contribution in [0.4, 0.5) is 0 Å². The van der Waals surface area contributed by atoms with Gasteiger partial charge in [0.05, 0.1) is 0 Å². The minimum absolute atomic E-state index is 0.366. The van der Waals surface area contributed by atoms with Gasteiger partial charge in [-0.1, -0.05) is 45.4 Å². The standard InChI is InChI=1S/C16H25N/c1-5-9-16(3,6-2)15-8-7-13-11-17(4)12-14(13)10-15/h7-8,10H,5-6,9,11-12H2,1-4H3. The summed E-state index contributed by atoms with van der Waals surface area (Å²) in [7, 11) is 2.20. The summed E-state index contributed by atoms with van der Waals surface area (Å²) in [5, 5.41) is 0. The van der Waals surface area contributed by atoms with E-state index in [2.05, 4.69) is 50.9 Å². The predicted octanol–water partition coefficient (Wildman–Crippen LogP) is 4.10. The van der Waals surface area contributed by atoms with Crippen LogP contribution in [0.2, 0.25) is 0 Å². The fourth-order valence-electron chi connectivity index (χ4n) is 3.02. The number of benzene rings is 1. The summed E-state index contributed by atoms with van der Waals surface area (Å²) < 4.78 is 0. The Kier molecular flexibility index (Phi) is 3.58. The van der Waals surface area contributed by atoms with Crippen LogP contribution in [0.15, 0.2) is 18.2 Å². The first-order valence-corrected chi connectivity index (χ1v) is 6.90. The van der Waals surface area contributed by atoms with Crippen molar-refractivity contribution in [3.8, 4) is 0 Å². The Morgan fingerprint density at radius 3 is 2.53 bits per heavy atom. The van der Waals surface area contributed by atoms with Crippen molar-refractivity contribution in [1.29, 1.82) is 0 Å². The highest BCUT2D eigenvalue weighted by molar-refractivity contribution is 5.37. The second-order valence-corrected chi connectivity index (χ2v) is 5.82. The Morgan fingerprint density at radius 2 is 1.88 bits per heavy atom. The van der Waals surface area contributed by atoms with Crippen molar-refractivity contribution in [3.05, 3.63) is 34.9 Å². The Morgan fingerprint density at radius 1 is 1.18 bits per heavy atom. The van der Waals surface area contributed by atoms with Crippen molar-refractivity contribution < 1.29 is 0 Å². The minimum Gasteiger partial charge on any atom is -0.298 e. The Balaban J connectivity index is 2.31. The maximum Gasteiger partial charge on any atom is 0.0237 e. The maximum absolute atomic E-state index is 2.46. The average Bonchev–Trinajstić information content (AvgIpc) is 2.68. The molecule has 17 heavy (non-hydrogen) atoms. The zero-order valence-electron chi connectivity index (χ0n) is 11.7. The highest BCUT2D eigenvalue weighted by Gasteiger charge is 2.25. The van der Waals surface area contributed by atoms with Gasteiger partial charge in [0.2, 0.25) is 0 Å². The second kappa shape index (κ2) is 4.81. The van der Waals surface area contributed by atoms with Gasteiger partial charge in [-0.25, -0.2) is 0 Å². The van der Waals surface area contributed by atoms with E-state index >= 15 is 0 Å². The summed E-state index contributed by atoms with van der Waals surface area (Å²) in [5.74, 6) is 0. The van der Waals surface area contributed by atoms with E-state index in [9.17, 15) is 0 Å². The largest absolute Gasteiger partial charge is 0.298 e. The van der Waals surface area contributed by atoms with Crippen LogP contribution >= 0.6 is 0 Å². The molecule has 1 aromatic rings. The number of fused-ring (bicyclic) bond motifs is 1. The fourth-order valence-corrected chi connectivity index (χ4v) is 3.02. The van der Waals surface area contributed by atoms with E-state index in [0.29, 0.717) is 5.41 Å². The van der Waals surface area contributed by atoms with Gasteiger partial charge in [-0.15, -0.1) is 0 Å². The van der Waals surface area contributed by atoms with Crippen molar-refractivity contribution in [2.75, 3.05) is 7.05 Å². The molecule has 0 amide bonds. The molecule has 94 valence electrons. The van der Waals surface area contributed by atoms with Crippen LogP contribution in [0, 0.1) is 0 Å². The Bertz CT molecular complexity index is 397. The number of hydrogen-bond acceptors (Lipinski definition) is 1. The zero-order valence-corrected chi connectivity index (χ0v) is 11.7. The zero-order chi connectivity index (χ0) is 12.5. The van der Waals surface area contributed by atoms with Gasteiger partial charge < -0.3 is 0 Å². The molecule has 0 aliphatic carbocycles. The molecule has 1 aromatic carbocycles. The lowest BCUT2D eigenvalue weighted by atomic mass is 9.76. The Hall–Kier alpha value is -0.820. The third-order valence-corrected chi connectivity index (χ3v) is 4.37. The topological polar surface area (TPSA) is 3.24 Å². The average molecular weight is 231 g/mol. The van der Waals surface area contributed by atoms with E-state index in [1.807, 2.05) is 0 Å². The van der Waals surface area contributed by atoms with Crippen LogP contribution in [-0.4, -0.2) is 11.9 Å². The molecule has 1 aliphatic heterocycles. The molecular formula is C16H25N. The van der Waals surface area contributed by atoms with E-state index in [1.54, 1.807) is 5.56 Å². The first-order valence-electron chi connectivity index (χ1n) is 6.90. The molecule has 0 fully saturated rings. The molecule has 1 heteroatoms. The van der Waals surface area contributed by atoms with E-state index in [4.69, 9.17) is 0 Å². The van der Waals surface area contributed by atoms with Crippen LogP contribution in [-0.2, 0) is 18.5 Å². The van der Waals surface area contributed by atoms with Crippen molar-refractivity contribution in [2.45, 2.75) is 58.5 Å². The van der Waals surface area contributed by atoms with Gasteiger partial charge in [-0.2, -0.15) is 0 Å². The van der Waals surface area contributed by atoms with Gasteiger partial charge in [-0.05, 0) is 42.0 Å². The lowest BCUT2D eigenvalue weighted by Crippen LogP contribution is -2.20. The van der Waals surface area contributed by atoms with Crippen molar-refractivity contribution >= 4 is 0 Å². The van der Waals surface area contributed by atoms with Gasteiger partial charge in [-0.3, -0.25) is 4.90 Å². The molecule has 1 heterocycles. The summed E-state index contributed by atoms with van der Waals surface area (Å²) in [4.78, 5) is 2.39. The van der Waals surface area contributed by atoms with E-state index < -0.39 is 0 Å². The molecular weight excluding hydrogens is 206 g/mol. The number of rotatable bonds is 4. The molecule has 0 spiro atoms. The van der Waals surface area contributed by atoms with E-state index in [1.165, 1.54) is 30.4 Å². The van der Waals surface area contributed by atoms with Crippen molar-refractivity contribution in [1.82, 2.24) is 4.90 Å². The second-order valence-electron chi connectivity index (χ2n) is 5.82. The molecule has 0 bridgehead atoms.